The van der Waals surface area contributed by atoms with Crippen molar-refractivity contribution in [3.8, 4) is 5.75 Å². The van der Waals surface area contributed by atoms with Crippen LogP contribution in [0.25, 0.3) is 0 Å². The van der Waals surface area contributed by atoms with E-state index in [-0.39, 0.29) is 5.97 Å². The molecule has 1 aromatic carbocycles. The molecule has 88 valence electrons. The van der Waals surface area contributed by atoms with Crippen LogP contribution in [0.1, 0.15) is 25.3 Å². The van der Waals surface area contributed by atoms with Gasteiger partial charge in [-0.25, -0.2) is 0 Å². The van der Waals surface area contributed by atoms with Crippen LogP contribution in [-0.4, -0.2) is 31.5 Å². The zero-order chi connectivity index (χ0) is 12.1. The number of esters is 1. The third kappa shape index (κ3) is 4.03. The van der Waals surface area contributed by atoms with E-state index in [4.69, 9.17) is 4.74 Å². The van der Waals surface area contributed by atoms with Crippen LogP contribution < -0.4 is 4.74 Å². The van der Waals surface area contributed by atoms with Crippen LogP contribution in [0.15, 0.2) is 24.3 Å². The number of likely N-dealkylation sites (N-methyl/N-ethyl adjacent to an activating group) is 1. The van der Waals surface area contributed by atoms with Crippen LogP contribution in [0.2, 0.25) is 0 Å². The molecule has 0 saturated carbocycles. The molecule has 0 aliphatic rings. The zero-order valence-electron chi connectivity index (χ0n) is 10.4. The van der Waals surface area contributed by atoms with Gasteiger partial charge >= 0.3 is 5.97 Å². The minimum atomic E-state index is -0.231. The van der Waals surface area contributed by atoms with Gasteiger partial charge in [-0.3, -0.25) is 9.69 Å². The number of hydrogen-bond donors (Lipinski definition) is 0. The molecule has 0 heterocycles. The van der Waals surface area contributed by atoms with Crippen molar-refractivity contribution >= 4 is 5.97 Å². The standard InChI is InChI=1S/C13H19NO2/c1-10(2)11-6-5-7-12(8-11)16-13(15)9-14(3)4/h5-8,10H,9H2,1-4H3. The average Bonchev–Trinajstić information content (AvgIpc) is 2.16. The Labute approximate surface area is 97.0 Å². The molecule has 0 aromatic heterocycles. The van der Waals surface area contributed by atoms with Crippen LogP contribution >= 0.6 is 0 Å². The molecule has 3 nitrogen and oxygen atoms in total. The normalized spacial score (nSPS) is 10.9. The molecule has 16 heavy (non-hydrogen) atoms. The average molecular weight is 221 g/mol. The zero-order valence-corrected chi connectivity index (χ0v) is 10.4. The number of benzene rings is 1. The number of carbonyl (C=O) groups is 1. The molecule has 0 saturated heterocycles. The highest BCUT2D eigenvalue weighted by atomic mass is 16.5. The van der Waals surface area contributed by atoms with Crippen molar-refractivity contribution in [2.75, 3.05) is 20.6 Å². The van der Waals surface area contributed by atoms with Crippen LogP contribution in [0.3, 0.4) is 0 Å². The fraction of sp³-hybridized carbons (Fsp3) is 0.462. The van der Waals surface area contributed by atoms with E-state index in [1.807, 2.05) is 32.3 Å². The number of ether oxygens (including phenoxy) is 1. The molecule has 0 spiro atoms. The summed E-state index contributed by atoms with van der Waals surface area (Å²) in [7, 11) is 3.68. The first kappa shape index (κ1) is 12.7. The first-order valence-corrected chi connectivity index (χ1v) is 5.44. The number of nitrogens with zero attached hydrogens (tertiary/aromatic N) is 1. The van der Waals surface area contributed by atoms with Crippen molar-refractivity contribution in [2.45, 2.75) is 19.8 Å². The van der Waals surface area contributed by atoms with Crippen molar-refractivity contribution in [1.82, 2.24) is 4.90 Å². The summed E-state index contributed by atoms with van der Waals surface area (Å²) in [6.07, 6.45) is 0. The summed E-state index contributed by atoms with van der Waals surface area (Å²) < 4.78 is 5.24. The second-order valence-electron chi connectivity index (χ2n) is 4.44. The van der Waals surface area contributed by atoms with Gasteiger partial charge in [0.1, 0.15) is 5.75 Å². The van der Waals surface area contributed by atoms with Crippen LogP contribution in [-0.2, 0) is 4.79 Å². The Morgan fingerprint density at radius 2 is 2.06 bits per heavy atom. The molecule has 1 aromatic rings. The maximum absolute atomic E-state index is 11.4. The van der Waals surface area contributed by atoms with Gasteiger partial charge in [0, 0.05) is 0 Å². The molecule has 0 unspecified atom stereocenters. The largest absolute Gasteiger partial charge is 0.426 e. The van der Waals surface area contributed by atoms with Gasteiger partial charge in [-0.2, -0.15) is 0 Å². The second-order valence-corrected chi connectivity index (χ2v) is 4.44. The lowest BCUT2D eigenvalue weighted by atomic mass is 10.0. The van der Waals surface area contributed by atoms with E-state index in [1.165, 1.54) is 5.56 Å². The monoisotopic (exact) mass is 221 g/mol. The predicted octanol–water partition coefficient (Wildman–Crippen LogP) is 2.28. The highest BCUT2D eigenvalue weighted by molar-refractivity contribution is 5.74. The van der Waals surface area contributed by atoms with Gasteiger partial charge in [-0.1, -0.05) is 26.0 Å². The van der Waals surface area contributed by atoms with E-state index < -0.39 is 0 Å². The van der Waals surface area contributed by atoms with Gasteiger partial charge < -0.3 is 4.74 Å². The van der Waals surface area contributed by atoms with E-state index in [0.29, 0.717) is 18.2 Å². The van der Waals surface area contributed by atoms with E-state index in [2.05, 4.69) is 13.8 Å². The quantitative estimate of drug-likeness (QED) is 0.577. The van der Waals surface area contributed by atoms with Gasteiger partial charge in [0.15, 0.2) is 0 Å². The lowest BCUT2D eigenvalue weighted by molar-refractivity contribution is -0.135. The van der Waals surface area contributed by atoms with Crippen LogP contribution in [0.4, 0.5) is 0 Å². The number of hydrogen-bond acceptors (Lipinski definition) is 3. The summed E-state index contributed by atoms with van der Waals surface area (Å²) in [5.74, 6) is 0.830. The summed E-state index contributed by atoms with van der Waals surface area (Å²) >= 11 is 0. The molecule has 0 atom stereocenters. The minimum absolute atomic E-state index is 0.231. The molecule has 0 fully saturated rings. The maximum Gasteiger partial charge on any atom is 0.325 e. The molecule has 0 radical (unpaired) electrons. The molecule has 0 aliphatic heterocycles. The number of rotatable bonds is 4. The molecule has 1 rings (SSSR count). The van der Waals surface area contributed by atoms with Crippen LogP contribution in [0, 0.1) is 0 Å². The first-order chi connectivity index (χ1) is 7.49. The Bertz CT molecular complexity index is 359. The molecule has 0 bridgehead atoms. The smallest absolute Gasteiger partial charge is 0.325 e. The molecule has 0 amide bonds. The van der Waals surface area contributed by atoms with Crippen molar-refractivity contribution in [3.63, 3.8) is 0 Å². The van der Waals surface area contributed by atoms with Gasteiger partial charge in [-0.15, -0.1) is 0 Å². The molecule has 3 heteroatoms. The Kier molecular flexibility index (Phi) is 4.50. The van der Waals surface area contributed by atoms with Crippen molar-refractivity contribution in [2.24, 2.45) is 0 Å². The van der Waals surface area contributed by atoms with Gasteiger partial charge in [0.2, 0.25) is 0 Å². The van der Waals surface area contributed by atoms with E-state index >= 15 is 0 Å². The Hall–Kier alpha value is -1.35. The van der Waals surface area contributed by atoms with Gasteiger partial charge in [0.25, 0.3) is 0 Å². The third-order valence-electron chi connectivity index (χ3n) is 2.20. The highest BCUT2D eigenvalue weighted by Crippen LogP contribution is 2.20. The lowest BCUT2D eigenvalue weighted by Crippen LogP contribution is -2.25. The van der Waals surface area contributed by atoms with Crippen molar-refractivity contribution in [3.05, 3.63) is 29.8 Å². The summed E-state index contributed by atoms with van der Waals surface area (Å²) in [5.41, 5.74) is 1.18. The molecule has 0 aliphatic carbocycles. The van der Waals surface area contributed by atoms with Gasteiger partial charge in [-0.05, 0) is 37.7 Å². The summed E-state index contributed by atoms with van der Waals surface area (Å²) in [4.78, 5) is 13.2. The van der Waals surface area contributed by atoms with E-state index in [9.17, 15) is 4.79 Å². The van der Waals surface area contributed by atoms with Crippen LogP contribution in [0.5, 0.6) is 5.75 Å². The SMILES string of the molecule is CC(C)c1cccc(OC(=O)CN(C)C)c1. The fourth-order valence-corrected chi connectivity index (χ4v) is 1.36. The molecule has 0 N–H and O–H groups in total. The Balaban J connectivity index is 2.67. The third-order valence-corrected chi connectivity index (χ3v) is 2.20. The highest BCUT2D eigenvalue weighted by Gasteiger charge is 2.07. The summed E-state index contributed by atoms with van der Waals surface area (Å²) in [6.45, 7) is 4.52. The maximum atomic E-state index is 11.4. The molecular formula is C13H19NO2. The topological polar surface area (TPSA) is 29.5 Å². The minimum Gasteiger partial charge on any atom is -0.426 e. The predicted molar refractivity (Wildman–Crippen MR) is 64.7 cm³/mol. The van der Waals surface area contributed by atoms with Gasteiger partial charge in [0.05, 0.1) is 6.54 Å². The van der Waals surface area contributed by atoms with E-state index in [1.54, 1.807) is 11.0 Å². The second kappa shape index (κ2) is 5.66. The van der Waals surface area contributed by atoms with Crippen molar-refractivity contribution in [1.29, 1.82) is 0 Å². The molecular weight excluding hydrogens is 202 g/mol. The fourth-order valence-electron chi connectivity index (χ4n) is 1.36. The number of carbonyl (C=O) groups excluding carboxylic acids is 1. The van der Waals surface area contributed by atoms with E-state index in [0.717, 1.165) is 0 Å². The first-order valence-electron chi connectivity index (χ1n) is 5.44. The Morgan fingerprint density at radius 3 is 2.62 bits per heavy atom. The Morgan fingerprint density at radius 1 is 1.38 bits per heavy atom. The summed E-state index contributed by atoms with van der Waals surface area (Å²) in [6, 6.07) is 7.67. The van der Waals surface area contributed by atoms with Crippen molar-refractivity contribution < 1.29 is 9.53 Å². The lowest BCUT2D eigenvalue weighted by Gasteiger charge is -2.11. The summed E-state index contributed by atoms with van der Waals surface area (Å²) in [5, 5.41) is 0.